The van der Waals surface area contributed by atoms with E-state index in [1.165, 1.54) is 36.4 Å². The third kappa shape index (κ3) is 2.98. The van der Waals surface area contributed by atoms with E-state index in [0.717, 1.165) is 5.56 Å². The van der Waals surface area contributed by atoms with Gasteiger partial charge in [0.2, 0.25) is 11.8 Å². The highest BCUT2D eigenvalue weighted by Crippen LogP contribution is 2.22. The summed E-state index contributed by atoms with van der Waals surface area (Å²) in [6, 6.07) is 11.9. The highest BCUT2D eigenvalue weighted by molar-refractivity contribution is 5.55. The molecule has 0 unspecified atom stereocenters. The molecule has 0 fully saturated rings. The quantitative estimate of drug-likeness (QED) is 0.545. The van der Waals surface area contributed by atoms with Crippen LogP contribution in [-0.2, 0) is 6.42 Å². The lowest BCUT2D eigenvalue weighted by molar-refractivity contribution is -0.384. The average Bonchev–Trinajstić information content (AvgIpc) is 2.96. The standard InChI is InChI=1S/C15H10FN3O3/c16-12-3-1-2-10(8-12)9-14-17-18-15(22-14)11-4-6-13(7-5-11)19(20)21/h1-8H,9H2. The molecule has 2 aromatic carbocycles. The third-order valence-electron chi connectivity index (χ3n) is 3.04. The Bertz CT molecular complexity index is 815. The molecular formula is C15H10FN3O3. The fraction of sp³-hybridized carbons (Fsp3) is 0.0667. The summed E-state index contributed by atoms with van der Waals surface area (Å²) in [6.45, 7) is 0. The van der Waals surface area contributed by atoms with Gasteiger partial charge in [-0.1, -0.05) is 12.1 Å². The molecule has 0 saturated carbocycles. The van der Waals surface area contributed by atoms with Crippen molar-refractivity contribution in [3.05, 3.63) is 75.9 Å². The lowest BCUT2D eigenvalue weighted by atomic mass is 10.1. The molecule has 0 N–H and O–H groups in total. The van der Waals surface area contributed by atoms with Crippen molar-refractivity contribution < 1.29 is 13.7 Å². The van der Waals surface area contributed by atoms with Gasteiger partial charge < -0.3 is 4.42 Å². The van der Waals surface area contributed by atoms with Crippen LogP contribution in [0, 0.1) is 15.9 Å². The monoisotopic (exact) mass is 299 g/mol. The minimum Gasteiger partial charge on any atom is -0.420 e. The van der Waals surface area contributed by atoms with Crippen LogP contribution in [0.2, 0.25) is 0 Å². The van der Waals surface area contributed by atoms with E-state index < -0.39 is 4.92 Å². The van der Waals surface area contributed by atoms with E-state index in [1.807, 2.05) is 0 Å². The molecule has 0 aliphatic carbocycles. The van der Waals surface area contributed by atoms with Crippen molar-refractivity contribution in [2.75, 3.05) is 0 Å². The molecule has 0 bridgehead atoms. The minimum atomic E-state index is -0.479. The van der Waals surface area contributed by atoms with Crippen LogP contribution in [-0.4, -0.2) is 15.1 Å². The summed E-state index contributed by atoms with van der Waals surface area (Å²) < 4.78 is 18.6. The molecule has 110 valence electrons. The molecule has 0 spiro atoms. The van der Waals surface area contributed by atoms with E-state index in [9.17, 15) is 14.5 Å². The molecule has 0 saturated heterocycles. The summed E-state index contributed by atoms with van der Waals surface area (Å²) in [5.41, 5.74) is 1.30. The summed E-state index contributed by atoms with van der Waals surface area (Å²) in [5.74, 6) is 0.285. The van der Waals surface area contributed by atoms with Crippen LogP contribution in [0.3, 0.4) is 0 Å². The average molecular weight is 299 g/mol. The molecule has 1 aromatic heterocycles. The normalized spacial score (nSPS) is 10.6. The first-order valence-corrected chi connectivity index (χ1v) is 6.43. The second-order valence-electron chi connectivity index (χ2n) is 4.61. The Hall–Kier alpha value is -3.09. The first-order chi connectivity index (χ1) is 10.6. The van der Waals surface area contributed by atoms with Crippen LogP contribution in [0.15, 0.2) is 52.9 Å². The zero-order valence-corrected chi connectivity index (χ0v) is 11.3. The van der Waals surface area contributed by atoms with Gasteiger partial charge in [0, 0.05) is 17.7 Å². The molecule has 0 radical (unpaired) electrons. The van der Waals surface area contributed by atoms with E-state index in [2.05, 4.69) is 10.2 Å². The maximum Gasteiger partial charge on any atom is 0.269 e. The van der Waals surface area contributed by atoms with Gasteiger partial charge in [-0.05, 0) is 29.8 Å². The van der Waals surface area contributed by atoms with Crippen molar-refractivity contribution in [3.8, 4) is 11.5 Å². The molecule has 6 nitrogen and oxygen atoms in total. The van der Waals surface area contributed by atoms with Crippen LogP contribution in [0.25, 0.3) is 11.5 Å². The summed E-state index contributed by atoms with van der Waals surface area (Å²) in [4.78, 5) is 10.1. The number of halogens is 1. The van der Waals surface area contributed by atoms with Gasteiger partial charge in [-0.3, -0.25) is 10.1 Å². The molecule has 0 atom stereocenters. The summed E-state index contributed by atoms with van der Waals surface area (Å²) >= 11 is 0. The van der Waals surface area contributed by atoms with Gasteiger partial charge in [0.15, 0.2) is 0 Å². The predicted molar refractivity (Wildman–Crippen MR) is 75.6 cm³/mol. The Morgan fingerprint density at radius 3 is 2.59 bits per heavy atom. The number of non-ortho nitro benzene ring substituents is 1. The van der Waals surface area contributed by atoms with Crippen LogP contribution in [0.5, 0.6) is 0 Å². The first-order valence-electron chi connectivity index (χ1n) is 6.43. The largest absolute Gasteiger partial charge is 0.420 e. The number of benzene rings is 2. The van der Waals surface area contributed by atoms with E-state index in [0.29, 0.717) is 17.9 Å². The second kappa shape index (κ2) is 5.72. The Balaban J connectivity index is 1.80. The molecule has 0 amide bonds. The van der Waals surface area contributed by atoms with Crippen molar-refractivity contribution in [3.63, 3.8) is 0 Å². The van der Waals surface area contributed by atoms with Crippen LogP contribution in [0.4, 0.5) is 10.1 Å². The number of nitrogens with zero attached hydrogens (tertiary/aromatic N) is 3. The maximum absolute atomic E-state index is 13.1. The van der Waals surface area contributed by atoms with E-state index in [-0.39, 0.29) is 17.4 Å². The fourth-order valence-electron chi connectivity index (χ4n) is 1.99. The summed E-state index contributed by atoms with van der Waals surface area (Å²) in [6.07, 6.45) is 0.317. The van der Waals surface area contributed by atoms with Gasteiger partial charge in [0.05, 0.1) is 11.3 Å². The Morgan fingerprint density at radius 2 is 1.91 bits per heavy atom. The Labute approximate surface area is 124 Å². The highest BCUT2D eigenvalue weighted by atomic mass is 19.1. The topological polar surface area (TPSA) is 82.1 Å². The summed E-state index contributed by atoms with van der Waals surface area (Å²) in [7, 11) is 0. The zero-order chi connectivity index (χ0) is 15.5. The van der Waals surface area contributed by atoms with Gasteiger partial charge in [-0.2, -0.15) is 0 Å². The predicted octanol–water partition coefficient (Wildman–Crippen LogP) is 3.37. The Morgan fingerprint density at radius 1 is 1.14 bits per heavy atom. The second-order valence-corrected chi connectivity index (χ2v) is 4.61. The zero-order valence-electron chi connectivity index (χ0n) is 11.3. The summed E-state index contributed by atoms with van der Waals surface area (Å²) in [5, 5.41) is 18.4. The molecule has 22 heavy (non-hydrogen) atoms. The third-order valence-corrected chi connectivity index (χ3v) is 3.04. The van der Waals surface area contributed by atoms with Crippen LogP contribution < -0.4 is 0 Å². The van der Waals surface area contributed by atoms with Gasteiger partial charge in [0.25, 0.3) is 5.69 Å². The molecule has 1 heterocycles. The molecule has 3 rings (SSSR count). The number of hydrogen-bond donors (Lipinski definition) is 0. The smallest absolute Gasteiger partial charge is 0.269 e. The molecule has 0 aliphatic rings. The maximum atomic E-state index is 13.1. The highest BCUT2D eigenvalue weighted by Gasteiger charge is 2.11. The SMILES string of the molecule is O=[N+]([O-])c1ccc(-c2nnc(Cc3cccc(F)c3)o2)cc1. The number of rotatable bonds is 4. The van der Waals surface area contributed by atoms with Crippen molar-refractivity contribution in [2.24, 2.45) is 0 Å². The van der Waals surface area contributed by atoms with Crippen LogP contribution in [0.1, 0.15) is 11.5 Å². The van der Waals surface area contributed by atoms with Gasteiger partial charge in [-0.25, -0.2) is 4.39 Å². The van der Waals surface area contributed by atoms with Gasteiger partial charge in [0.1, 0.15) is 5.82 Å². The molecule has 7 heteroatoms. The number of nitro benzene ring substituents is 1. The van der Waals surface area contributed by atoms with Gasteiger partial charge >= 0.3 is 0 Å². The Kier molecular flexibility index (Phi) is 3.61. The van der Waals surface area contributed by atoms with E-state index in [1.54, 1.807) is 12.1 Å². The number of nitro groups is 1. The lowest BCUT2D eigenvalue weighted by Crippen LogP contribution is -1.89. The number of hydrogen-bond acceptors (Lipinski definition) is 5. The fourth-order valence-corrected chi connectivity index (χ4v) is 1.99. The molecular weight excluding hydrogens is 289 g/mol. The van der Waals surface area contributed by atoms with Crippen molar-refractivity contribution >= 4 is 5.69 Å². The van der Waals surface area contributed by atoms with Crippen molar-refractivity contribution in [2.45, 2.75) is 6.42 Å². The van der Waals surface area contributed by atoms with Gasteiger partial charge in [-0.15, -0.1) is 10.2 Å². The van der Waals surface area contributed by atoms with E-state index >= 15 is 0 Å². The first kappa shape index (κ1) is 13.9. The van der Waals surface area contributed by atoms with Crippen molar-refractivity contribution in [1.29, 1.82) is 0 Å². The van der Waals surface area contributed by atoms with E-state index in [4.69, 9.17) is 4.42 Å². The molecule has 0 aliphatic heterocycles. The molecule has 3 aromatic rings. The minimum absolute atomic E-state index is 0.0109. The van der Waals surface area contributed by atoms with Crippen LogP contribution >= 0.6 is 0 Å². The van der Waals surface area contributed by atoms with Crippen molar-refractivity contribution in [1.82, 2.24) is 10.2 Å². The lowest BCUT2D eigenvalue weighted by Gasteiger charge is -1.97. The number of aromatic nitrogens is 2.